The molecule has 0 aromatic heterocycles. The Balaban J connectivity index is 2.45. The predicted molar refractivity (Wildman–Crippen MR) is 72.1 cm³/mol. The van der Waals surface area contributed by atoms with E-state index in [9.17, 15) is 9.18 Å². The SMILES string of the molecule is CCCC(C)NC(=O)CNc1cccc(C)c1F. The smallest absolute Gasteiger partial charge is 0.239 e. The van der Waals surface area contributed by atoms with E-state index < -0.39 is 0 Å². The van der Waals surface area contributed by atoms with Gasteiger partial charge in [-0.25, -0.2) is 4.39 Å². The average Bonchev–Trinajstić information content (AvgIpc) is 2.31. The fourth-order valence-electron chi connectivity index (χ4n) is 1.79. The Morgan fingerprint density at radius 2 is 2.17 bits per heavy atom. The van der Waals surface area contributed by atoms with E-state index in [-0.39, 0.29) is 24.3 Å². The minimum absolute atomic E-state index is 0.0917. The number of amides is 1. The highest BCUT2D eigenvalue weighted by Gasteiger charge is 2.08. The van der Waals surface area contributed by atoms with Crippen LogP contribution in [0.5, 0.6) is 0 Å². The van der Waals surface area contributed by atoms with E-state index >= 15 is 0 Å². The van der Waals surface area contributed by atoms with E-state index in [1.165, 1.54) is 0 Å². The van der Waals surface area contributed by atoms with Crippen LogP contribution in [0.3, 0.4) is 0 Å². The summed E-state index contributed by atoms with van der Waals surface area (Å²) in [6.07, 6.45) is 1.98. The molecule has 0 saturated carbocycles. The molecule has 0 saturated heterocycles. The fourth-order valence-corrected chi connectivity index (χ4v) is 1.79. The first-order chi connectivity index (χ1) is 8.54. The van der Waals surface area contributed by atoms with E-state index in [0.717, 1.165) is 12.8 Å². The molecule has 0 spiro atoms. The number of anilines is 1. The average molecular weight is 252 g/mol. The first kappa shape index (κ1) is 14.5. The largest absolute Gasteiger partial charge is 0.374 e. The molecule has 0 aliphatic heterocycles. The van der Waals surface area contributed by atoms with Crippen LogP contribution >= 0.6 is 0 Å². The van der Waals surface area contributed by atoms with Crippen molar-refractivity contribution in [2.24, 2.45) is 0 Å². The second-order valence-corrected chi connectivity index (χ2v) is 4.55. The molecule has 1 atom stereocenters. The normalized spacial score (nSPS) is 12.0. The number of carbonyl (C=O) groups is 1. The van der Waals surface area contributed by atoms with Gasteiger partial charge in [-0.3, -0.25) is 4.79 Å². The Bertz CT molecular complexity index is 407. The first-order valence-corrected chi connectivity index (χ1v) is 6.33. The van der Waals surface area contributed by atoms with Crippen LogP contribution in [0, 0.1) is 12.7 Å². The van der Waals surface area contributed by atoms with Gasteiger partial charge in [-0.05, 0) is 31.9 Å². The number of benzene rings is 1. The third-order valence-electron chi connectivity index (χ3n) is 2.76. The summed E-state index contributed by atoms with van der Waals surface area (Å²) in [7, 11) is 0. The molecule has 1 unspecified atom stereocenters. The zero-order valence-electron chi connectivity index (χ0n) is 11.2. The van der Waals surface area contributed by atoms with Crippen LogP contribution in [0.4, 0.5) is 10.1 Å². The molecule has 18 heavy (non-hydrogen) atoms. The van der Waals surface area contributed by atoms with Crippen molar-refractivity contribution in [3.63, 3.8) is 0 Å². The highest BCUT2D eigenvalue weighted by atomic mass is 19.1. The molecule has 0 aliphatic rings. The van der Waals surface area contributed by atoms with Gasteiger partial charge in [-0.2, -0.15) is 0 Å². The van der Waals surface area contributed by atoms with Gasteiger partial charge in [0.2, 0.25) is 5.91 Å². The quantitative estimate of drug-likeness (QED) is 0.817. The van der Waals surface area contributed by atoms with Crippen molar-refractivity contribution in [2.45, 2.75) is 39.7 Å². The topological polar surface area (TPSA) is 41.1 Å². The number of carbonyl (C=O) groups excluding carboxylic acids is 1. The minimum atomic E-state index is -0.299. The lowest BCUT2D eigenvalue weighted by molar-refractivity contribution is -0.120. The number of hydrogen-bond donors (Lipinski definition) is 2. The molecule has 0 radical (unpaired) electrons. The summed E-state index contributed by atoms with van der Waals surface area (Å²) in [5.41, 5.74) is 0.938. The lowest BCUT2D eigenvalue weighted by Gasteiger charge is -2.14. The molecule has 1 aromatic rings. The summed E-state index contributed by atoms with van der Waals surface area (Å²) in [6.45, 7) is 5.83. The molecule has 3 nitrogen and oxygen atoms in total. The number of hydrogen-bond acceptors (Lipinski definition) is 2. The third kappa shape index (κ3) is 4.35. The zero-order valence-corrected chi connectivity index (χ0v) is 11.2. The van der Waals surface area contributed by atoms with Crippen molar-refractivity contribution in [1.82, 2.24) is 5.32 Å². The fraction of sp³-hybridized carbons (Fsp3) is 0.500. The van der Waals surface area contributed by atoms with Gasteiger partial charge in [0.25, 0.3) is 0 Å². The second kappa shape index (κ2) is 6.99. The maximum absolute atomic E-state index is 13.6. The molecule has 1 aromatic carbocycles. The van der Waals surface area contributed by atoms with Crippen molar-refractivity contribution in [3.05, 3.63) is 29.6 Å². The molecule has 0 fully saturated rings. The maximum atomic E-state index is 13.6. The van der Waals surface area contributed by atoms with Gasteiger partial charge >= 0.3 is 0 Å². The van der Waals surface area contributed by atoms with Gasteiger partial charge in [0.1, 0.15) is 5.82 Å². The zero-order chi connectivity index (χ0) is 13.5. The Morgan fingerprint density at radius 3 is 2.83 bits per heavy atom. The lowest BCUT2D eigenvalue weighted by Crippen LogP contribution is -2.36. The van der Waals surface area contributed by atoms with E-state index in [4.69, 9.17) is 0 Å². The molecular weight excluding hydrogens is 231 g/mol. The Hall–Kier alpha value is -1.58. The summed E-state index contributed by atoms with van der Waals surface area (Å²) in [6, 6.07) is 5.25. The van der Waals surface area contributed by atoms with Crippen LogP contribution in [0.15, 0.2) is 18.2 Å². The van der Waals surface area contributed by atoms with Gasteiger partial charge in [-0.15, -0.1) is 0 Å². The molecule has 0 bridgehead atoms. The molecule has 4 heteroatoms. The van der Waals surface area contributed by atoms with Crippen LogP contribution in [-0.4, -0.2) is 18.5 Å². The Morgan fingerprint density at radius 1 is 1.44 bits per heavy atom. The minimum Gasteiger partial charge on any atom is -0.374 e. The second-order valence-electron chi connectivity index (χ2n) is 4.55. The Labute approximate surface area is 108 Å². The van der Waals surface area contributed by atoms with Crippen molar-refractivity contribution >= 4 is 11.6 Å². The van der Waals surface area contributed by atoms with Crippen LogP contribution in [0.25, 0.3) is 0 Å². The molecule has 2 N–H and O–H groups in total. The summed E-state index contributed by atoms with van der Waals surface area (Å²) in [4.78, 5) is 11.6. The predicted octanol–water partition coefficient (Wildman–Crippen LogP) is 2.85. The highest BCUT2D eigenvalue weighted by molar-refractivity contribution is 5.81. The first-order valence-electron chi connectivity index (χ1n) is 6.33. The van der Waals surface area contributed by atoms with Gasteiger partial charge in [0.15, 0.2) is 0 Å². The van der Waals surface area contributed by atoms with E-state index in [2.05, 4.69) is 17.6 Å². The highest BCUT2D eigenvalue weighted by Crippen LogP contribution is 2.16. The van der Waals surface area contributed by atoms with E-state index in [0.29, 0.717) is 11.3 Å². The standard InChI is InChI=1S/C14H21FN2O/c1-4-6-11(3)17-13(18)9-16-12-8-5-7-10(2)14(12)15/h5,7-8,11,16H,4,6,9H2,1-3H3,(H,17,18). The molecule has 100 valence electrons. The number of aryl methyl sites for hydroxylation is 1. The van der Waals surface area contributed by atoms with E-state index in [1.54, 1.807) is 25.1 Å². The van der Waals surface area contributed by atoms with Crippen molar-refractivity contribution < 1.29 is 9.18 Å². The number of rotatable bonds is 6. The van der Waals surface area contributed by atoms with Gasteiger partial charge < -0.3 is 10.6 Å². The van der Waals surface area contributed by atoms with Gasteiger partial charge in [-0.1, -0.05) is 25.5 Å². The van der Waals surface area contributed by atoms with Crippen LogP contribution in [0.2, 0.25) is 0 Å². The maximum Gasteiger partial charge on any atom is 0.239 e. The summed E-state index contributed by atoms with van der Waals surface area (Å²) >= 11 is 0. The van der Waals surface area contributed by atoms with Gasteiger partial charge in [0, 0.05) is 6.04 Å². The third-order valence-corrected chi connectivity index (χ3v) is 2.76. The van der Waals surface area contributed by atoms with E-state index in [1.807, 2.05) is 6.92 Å². The monoisotopic (exact) mass is 252 g/mol. The van der Waals surface area contributed by atoms with Gasteiger partial charge in [0.05, 0.1) is 12.2 Å². The van der Waals surface area contributed by atoms with Crippen molar-refractivity contribution in [3.8, 4) is 0 Å². The molecule has 1 rings (SSSR count). The summed E-state index contributed by atoms with van der Waals surface area (Å²) < 4.78 is 13.6. The lowest BCUT2D eigenvalue weighted by atomic mass is 10.2. The summed E-state index contributed by atoms with van der Waals surface area (Å²) in [5.74, 6) is -0.413. The van der Waals surface area contributed by atoms with Crippen LogP contribution in [-0.2, 0) is 4.79 Å². The van der Waals surface area contributed by atoms with Crippen molar-refractivity contribution in [2.75, 3.05) is 11.9 Å². The molecule has 0 heterocycles. The summed E-state index contributed by atoms with van der Waals surface area (Å²) in [5, 5.41) is 5.68. The molecule has 1 amide bonds. The van der Waals surface area contributed by atoms with Crippen LogP contribution < -0.4 is 10.6 Å². The Kier molecular flexibility index (Phi) is 5.62. The number of nitrogens with one attached hydrogen (secondary N) is 2. The number of halogens is 1. The molecule has 0 aliphatic carbocycles. The molecular formula is C14H21FN2O. The van der Waals surface area contributed by atoms with Crippen molar-refractivity contribution in [1.29, 1.82) is 0 Å². The van der Waals surface area contributed by atoms with Crippen LogP contribution in [0.1, 0.15) is 32.3 Å².